The smallest absolute Gasteiger partial charge is 0.315 e. The van der Waals surface area contributed by atoms with Gasteiger partial charge in [0.05, 0.1) is 0 Å². The molecule has 82 valence electrons. The van der Waals surface area contributed by atoms with Crippen LogP contribution >= 0.6 is 0 Å². The SMILES string of the molecule is CCCCNC(=O)NC1CNCC1C. The molecule has 1 saturated heterocycles. The first-order chi connectivity index (χ1) is 6.74. The van der Waals surface area contributed by atoms with Crippen LogP contribution in [0.25, 0.3) is 0 Å². The van der Waals surface area contributed by atoms with Gasteiger partial charge in [0.25, 0.3) is 0 Å². The zero-order valence-electron chi connectivity index (χ0n) is 9.10. The maximum Gasteiger partial charge on any atom is 0.315 e. The minimum Gasteiger partial charge on any atom is -0.338 e. The molecule has 0 aromatic carbocycles. The number of carbonyl (C=O) groups is 1. The highest BCUT2D eigenvalue weighted by molar-refractivity contribution is 5.74. The van der Waals surface area contributed by atoms with Crippen molar-refractivity contribution in [3.05, 3.63) is 0 Å². The molecule has 1 aliphatic rings. The van der Waals surface area contributed by atoms with Gasteiger partial charge in [0, 0.05) is 19.1 Å². The molecule has 1 fully saturated rings. The highest BCUT2D eigenvalue weighted by atomic mass is 16.2. The van der Waals surface area contributed by atoms with E-state index >= 15 is 0 Å². The van der Waals surface area contributed by atoms with Crippen molar-refractivity contribution in [1.82, 2.24) is 16.0 Å². The predicted molar refractivity (Wildman–Crippen MR) is 57.3 cm³/mol. The van der Waals surface area contributed by atoms with Crippen LogP contribution in [0, 0.1) is 5.92 Å². The highest BCUT2D eigenvalue weighted by Crippen LogP contribution is 2.06. The topological polar surface area (TPSA) is 53.2 Å². The van der Waals surface area contributed by atoms with Crippen molar-refractivity contribution in [2.45, 2.75) is 32.7 Å². The van der Waals surface area contributed by atoms with Crippen LogP contribution in [0.5, 0.6) is 0 Å². The van der Waals surface area contributed by atoms with Crippen molar-refractivity contribution in [3.8, 4) is 0 Å². The standard InChI is InChI=1S/C10H21N3O/c1-3-4-5-12-10(14)13-9-7-11-6-8(9)2/h8-9,11H,3-7H2,1-2H3,(H2,12,13,14). The molecule has 0 saturated carbocycles. The molecule has 4 nitrogen and oxygen atoms in total. The van der Waals surface area contributed by atoms with Gasteiger partial charge in [-0.05, 0) is 18.9 Å². The molecule has 0 aromatic heterocycles. The zero-order chi connectivity index (χ0) is 10.4. The number of rotatable bonds is 4. The summed E-state index contributed by atoms with van der Waals surface area (Å²) in [5.74, 6) is 0.534. The van der Waals surface area contributed by atoms with Crippen molar-refractivity contribution in [1.29, 1.82) is 0 Å². The second-order valence-corrected chi connectivity index (χ2v) is 4.00. The van der Waals surface area contributed by atoms with Gasteiger partial charge in [-0.3, -0.25) is 0 Å². The van der Waals surface area contributed by atoms with Crippen LogP contribution in [0.15, 0.2) is 0 Å². The van der Waals surface area contributed by atoms with Gasteiger partial charge < -0.3 is 16.0 Å². The normalized spacial score (nSPS) is 26.1. The Hall–Kier alpha value is -0.770. The first-order valence-corrected chi connectivity index (χ1v) is 5.49. The number of hydrogen-bond acceptors (Lipinski definition) is 2. The second kappa shape index (κ2) is 5.86. The summed E-state index contributed by atoms with van der Waals surface area (Å²) in [6.07, 6.45) is 2.16. The Kier molecular flexibility index (Phi) is 4.73. The lowest BCUT2D eigenvalue weighted by atomic mass is 10.1. The summed E-state index contributed by atoms with van der Waals surface area (Å²) < 4.78 is 0. The molecule has 1 rings (SSSR count). The van der Waals surface area contributed by atoms with E-state index in [-0.39, 0.29) is 12.1 Å². The Morgan fingerprint density at radius 2 is 2.29 bits per heavy atom. The predicted octanol–water partition coefficient (Wildman–Crippen LogP) is 0.694. The lowest BCUT2D eigenvalue weighted by molar-refractivity contribution is 0.235. The Morgan fingerprint density at radius 1 is 1.50 bits per heavy atom. The largest absolute Gasteiger partial charge is 0.338 e. The van der Waals surface area contributed by atoms with E-state index in [1.165, 1.54) is 0 Å². The van der Waals surface area contributed by atoms with E-state index in [2.05, 4.69) is 29.8 Å². The van der Waals surface area contributed by atoms with Crippen LogP contribution in [0.3, 0.4) is 0 Å². The van der Waals surface area contributed by atoms with Crippen molar-refractivity contribution in [3.63, 3.8) is 0 Å². The van der Waals surface area contributed by atoms with E-state index in [1.54, 1.807) is 0 Å². The molecular formula is C10H21N3O. The van der Waals surface area contributed by atoms with Gasteiger partial charge >= 0.3 is 6.03 Å². The van der Waals surface area contributed by atoms with Gasteiger partial charge in [0.15, 0.2) is 0 Å². The van der Waals surface area contributed by atoms with E-state index in [0.717, 1.165) is 32.5 Å². The molecular weight excluding hydrogens is 178 g/mol. The van der Waals surface area contributed by atoms with E-state index < -0.39 is 0 Å². The molecule has 4 heteroatoms. The molecule has 2 unspecified atom stereocenters. The molecule has 0 spiro atoms. The first kappa shape index (κ1) is 11.3. The number of hydrogen-bond donors (Lipinski definition) is 3. The number of urea groups is 1. The Balaban J connectivity index is 2.13. The van der Waals surface area contributed by atoms with Crippen molar-refractivity contribution in [2.24, 2.45) is 5.92 Å². The number of amides is 2. The molecule has 0 bridgehead atoms. The quantitative estimate of drug-likeness (QED) is 0.584. The maximum atomic E-state index is 11.4. The van der Waals surface area contributed by atoms with Crippen molar-refractivity contribution in [2.75, 3.05) is 19.6 Å². The molecule has 3 N–H and O–H groups in total. The van der Waals surface area contributed by atoms with Crippen LogP contribution in [0.2, 0.25) is 0 Å². The van der Waals surface area contributed by atoms with E-state index in [4.69, 9.17) is 0 Å². The third-order valence-electron chi connectivity index (χ3n) is 2.65. The lowest BCUT2D eigenvalue weighted by Crippen LogP contribution is -2.45. The molecule has 0 radical (unpaired) electrons. The van der Waals surface area contributed by atoms with Crippen LogP contribution < -0.4 is 16.0 Å². The third-order valence-corrected chi connectivity index (χ3v) is 2.65. The van der Waals surface area contributed by atoms with Crippen LogP contribution in [-0.4, -0.2) is 31.7 Å². The number of nitrogens with one attached hydrogen (secondary N) is 3. The van der Waals surface area contributed by atoms with Gasteiger partial charge in [-0.2, -0.15) is 0 Å². The van der Waals surface area contributed by atoms with Crippen LogP contribution in [0.4, 0.5) is 4.79 Å². The van der Waals surface area contributed by atoms with Crippen LogP contribution in [-0.2, 0) is 0 Å². The minimum atomic E-state index is -0.0287. The molecule has 1 heterocycles. The summed E-state index contributed by atoms with van der Waals surface area (Å²) in [7, 11) is 0. The van der Waals surface area contributed by atoms with Gasteiger partial charge in [-0.1, -0.05) is 20.3 Å². The fraction of sp³-hybridized carbons (Fsp3) is 0.900. The molecule has 0 aliphatic carbocycles. The number of unbranched alkanes of at least 4 members (excludes halogenated alkanes) is 1. The lowest BCUT2D eigenvalue weighted by Gasteiger charge is -2.16. The Bertz CT molecular complexity index is 184. The maximum absolute atomic E-state index is 11.4. The molecule has 0 aromatic rings. The van der Waals surface area contributed by atoms with Crippen molar-refractivity contribution < 1.29 is 4.79 Å². The third kappa shape index (κ3) is 3.54. The molecule has 14 heavy (non-hydrogen) atoms. The van der Waals surface area contributed by atoms with Crippen molar-refractivity contribution >= 4 is 6.03 Å². The molecule has 1 aliphatic heterocycles. The summed E-state index contributed by atoms with van der Waals surface area (Å²) in [5, 5.41) is 9.08. The fourth-order valence-corrected chi connectivity index (χ4v) is 1.60. The Labute approximate surface area is 85.8 Å². The zero-order valence-corrected chi connectivity index (χ0v) is 9.10. The van der Waals surface area contributed by atoms with Crippen LogP contribution in [0.1, 0.15) is 26.7 Å². The summed E-state index contributed by atoms with van der Waals surface area (Å²) in [6, 6.07) is 0.260. The van der Waals surface area contributed by atoms with Gasteiger partial charge in [-0.15, -0.1) is 0 Å². The van der Waals surface area contributed by atoms with E-state index in [0.29, 0.717) is 5.92 Å². The second-order valence-electron chi connectivity index (χ2n) is 4.00. The highest BCUT2D eigenvalue weighted by Gasteiger charge is 2.23. The molecule has 2 atom stereocenters. The van der Waals surface area contributed by atoms with Gasteiger partial charge in [0.1, 0.15) is 0 Å². The summed E-state index contributed by atoms with van der Waals surface area (Å²) in [6.45, 7) is 6.93. The number of carbonyl (C=O) groups excluding carboxylic acids is 1. The first-order valence-electron chi connectivity index (χ1n) is 5.49. The monoisotopic (exact) mass is 199 g/mol. The average Bonchev–Trinajstić information content (AvgIpc) is 2.52. The molecule has 2 amide bonds. The fourth-order valence-electron chi connectivity index (χ4n) is 1.60. The summed E-state index contributed by atoms with van der Waals surface area (Å²) in [4.78, 5) is 11.4. The minimum absolute atomic E-state index is 0.0287. The van der Waals surface area contributed by atoms with E-state index in [1.807, 2.05) is 0 Å². The average molecular weight is 199 g/mol. The summed E-state index contributed by atoms with van der Waals surface area (Å²) in [5.41, 5.74) is 0. The summed E-state index contributed by atoms with van der Waals surface area (Å²) >= 11 is 0. The Morgan fingerprint density at radius 3 is 2.86 bits per heavy atom. The van der Waals surface area contributed by atoms with E-state index in [9.17, 15) is 4.79 Å². The van der Waals surface area contributed by atoms with Gasteiger partial charge in [0.2, 0.25) is 0 Å². The van der Waals surface area contributed by atoms with Gasteiger partial charge in [-0.25, -0.2) is 4.79 Å².